The van der Waals surface area contributed by atoms with Crippen LogP contribution in [0.2, 0.25) is 0 Å². The summed E-state index contributed by atoms with van der Waals surface area (Å²) in [5.74, 6) is -0.132. The fourth-order valence-corrected chi connectivity index (χ4v) is 4.90. The maximum atomic E-state index is 12.5. The van der Waals surface area contributed by atoms with Gasteiger partial charge in [-0.25, -0.2) is 12.7 Å². The summed E-state index contributed by atoms with van der Waals surface area (Å²) in [5.41, 5.74) is 1.82. The van der Waals surface area contributed by atoms with Crippen LogP contribution in [0.4, 0.5) is 5.69 Å². The van der Waals surface area contributed by atoms with Gasteiger partial charge in [0.2, 0.25) is 15.9 Å². The van der Waals surface area contributed by atoms with E-state index in [9.17, 15) is 13.2 Å². The van der Waals surface area contributed by atoms with Crippen molar-refractivity contribution in [3.63, 3.8) is 0 Å². The Bertz CT molecular complexity index is 876. The number of rotatable bonds is 10. The second kappa shape index (κ2) is 10.2. The van der Waals surface area contributed by atoms with Gasteiger partial charge in [-0.1, -0.05) is 13.3 Å². The van der Waals surface area contributed by atoms with Crippen molar-refractivity contribution in [2.45, 2.75) is 38.1 Å². The van der Waals surface area contributed by atoms with Crippen LogP contribution in [0, 0.1) is 6.92 Å². The van der Waals surface area contributed by atoms with Gasteiger partial charge in [0.15, 0.2) is 0 Å². The predicted molar refractivity (Wildman–Crippen MR) is 115 cm³/mol. The highest BCUT2D eigenvalue weighted by Crippen LogP contribution is 2.19. The zero-order chi connectivity index (χ0) is 20.7. The lowest BCUT2D eigenvalue weighted by molar-refractivity contribution is -0.117. The third-order valence-electron chi connectivity index (χ3n) is 4.47. The number of nitrogens with one attached hydrogen (secondary N) is 1. The molecule has 2 rings (SSSR count). The molecule has 2 aromatic rings. The Morgan fingerprint density at radius 2 is 1.82 bits per heavy atom. The molecule has 0 saturated carbocycles. The standard InChI is InChI=1S/C20H29N3O3S2/c1-5-6-12-23(4)28(25,26)18-9-7-17(8-10-18)21-20(24)15-22(3)14-19-16(2)11-13-27-19/h7-11,13H,5-6,12,14-15H2,1-4H3,(H,21,24). The van der Waals surface area contributed by atoms with E-state index in [4.69, 9.17) is 0 Å². The topological polar surface area (TPSA) is 69.7 Å². The minimum atomic E-state index is -3.50. The monoisotopic (exact) mass is 423 g/mol. The second-order valence-electron chi connectivity index (χ2n) is 6.95. The Hall–Kier alpha value is -1.74. The van der Waals surface area contributed by atoms with Crippen molar-refractivity contribution < 1.29 is 13.2 Å². The molecule has 1 N–H and O–H groups in total. The van der Waals surface area contributed by atoms with Crippen molar-refractivity contribution >= 4 is 33.0 Å². The molecule has 154 valence electrons. The Morgan fingerprint density at radius 1 is 1.14 bits per heavy atom. The number of carbonyl (C=O) groups excluding carboxylic acids is 1. The fraction of sp³-hybridized carbons (Fsp3) is 0.450. The van der Waals surface area contributed by atoms with E-state index in [0.29, 0.717) is 12.2 Å². The highest BCUT2D eigenvalue weighted by Gasteiger charge is 2.20. The number of benzene rings is 1. The van der Waals surface area contributed by atoms with Gasteiger partial charge in [-0.15, -0.1) is 11.3 Å². The Balaban J connectivity index is 1.92. The first-order valence-electron chi connectivity index (χ1n) is 9.31. The first-order valence-corrected chi connectivity index (χ1v) is 11.6. The van der Waals surface area contributed by atoms with Crippen molar-refractivity contribution in [3.8, 4) is 0 Å². The van der Waals surface area contributed by atoms with Gasteiger partial charge in [0.05, 0.1) is 11.4 Å². The third kappa shape index (κ3) is 6.13. The number of hydrogen-bond acceptors (Lipinski definition) is 5. The molecule has 6 nitrogen and oxygen atoms in total. The molecule has 1 aromatic heterocycles. The lowest BCUT2D eigenvalue weighted by atomic mass is 10.3. The van der Waals surface area contributed by atoms with Gasteiger partial charge in [0.1, 0.15) is 0 Å². The number of aryl methyl sites for hydroxylation is 1. The van der Waals surface area contributed by atoms with Gasteiger partial charge in [0.25, 0.3) is 0 Å². The molecule has 0 spiro atoms. The zero-order valence-corrected chi connectivity index (χ0v) is 18.6. The number of anilines is 1. The number of nitrogens with zero attached hydrogens (tertiary/aromatic N) is 2. The molecule has 0 saturated heterocycles. The van der Waals surface area contributed by atoms with Crippen LogP contribution in [0.1, 0.15) is 30.2 Å². The quantitative estimate of drug-likeness (QED) is 0.634. The molecule has 1 heterocycles. The molecular weight excluding hydrogens is 394 g/mol. The van der Waals surface area contributed by atoms with Crippen LogP contribution in [0.15, 0.2) is 40.6 Å². The molecule has 0 aliphatic heterocycles. The summed E-state index contributed by atoms with van der Waals surface area (Å²) in [6.07, 6.45) is 1.76. The molecular formula is C20H29N3O3S2. The number of unbranched alkanes of at least 4 members (excludes halogenated alkanes) is 1. The van der Waals surface area contributed by atoms with Crippen LogP contribution < -0.4 is 5.32 Å². The van der Waals surface area contributed by atoms with Gasteiger partial charge >= 0.3 is 0 Å². The summed E-state index contributed by atoms with van der Waals surface area (Å²) < 4.78 is 26.4. The van der Waals surface area contributed by atoms with Crippen LogP contribution in [0.3, 0.4) is 0 Å². The van der Waals surface area contributed by atoms with Gasteiger partial charge in [-0.2, -0.15) is 0 Å². The Kier molecular flexibility index (Phi) is 8.18. The van der Waals surface area contributed by atoms with Gasteiger partial charge in [0, 0.05) is 30.7 Å². The van der Waals surface area contributed by atoms with Crippen LogP contribution in [0.5, 0.6) is 0 Å². The zero-order valence-electron chi connectivity index (χ0n) is 16.9. The van der Waals surface area contributed by atoms with E-state index in [1.807, 2.05) is 24.3 Å². The molecule has 1 aromatic carbocycles. The number of thiophene rings is 1. The van der Waals surface area contributed by atoms with Crippen molar-refractivity contribution in [3.05, 3.63) is 46.2 Å². The Labute approximate surface area is 172 Å². The summed E-state index contributed by atoms with van der Waals surface area (Å²) in [7, 11) is -0.00263. The minimum Gasteiger partial charge on any atom is -0.325 e. The van der Waals surface area contributed by atoms with Crippen LogP contribution in [-0.2, 0) is 21.4 Å². The molecule has 1 amide bonds. The molecule has 28 heavy (non-hydrogen) atoms. The van der Waals surface area contributed by atoms with E-state index in [-0.39, 0.29) is 17.3 Å². The fourth-order valence-electron chi connectivity index (χ4n) is 2.70. The minimum absolute atomic E-state index is 0.132. The molecule has 8 heteroatoms. The van der Waals surface area contributed by atoms with E-state index < -0.39 is 10.0 Å². The molecule has 0 bridgehead atoms. The molecule has 0 radical (unpaired) electrons. The summed E-state index contributed by atoms with van der Waals surface area (Å²) in [6.45, 7) is 5.56. The van der Waals surface area contributed by atoms with E-state index in [1.54, 1.807) is 30.5 Å². The maximum absolute atomic E-state index is 12.5. The van der Waals surface area contributed by atoms with Gasteiger partial charge in [-0.3, -0.25) is 9.69 Å². The Morgan fingerprint density at radius 3 is 2.39 bits per heavy atom. The number of likely N-dealkylation sites (N-methyl/N-ethyl adjacent to an activating group) is 1. The normalized spacial score (nSPS) is 11.9. The first kappa shape index (κ1) is 22.5. The molecule has 0 unspecified atom stereocenters. The van der Waals surface area contributed by atoms with Crippen molar-refractivity contribution in [1.82, 2.24) is 9.21 Å². The van der Waals surface area contributed by atoms with Crippen molar-refractivity contribution in [2.24, 2.45) is 0 Å². The number of sulfonamides is 1. The van der Waals surface area contributed by atoms with Crippen LogP contribution in [-0.4, -0.2) is 50.7 Å². The predicted octanol–water partition coefficient (Wildman–Crippen LogP) is 3.55. The highest BCUT2D eigenvalue weighted by atomic mass is 32.2. The summed E-state index contributed by atoms with van der Waals surface area (Å²) in [5, 5.41) is 4.87. The van der Waals surface area contributed by atoms with Crippen LogP contribution >= 0.6 is 11.3 Å². The summed E-state index contributed by atoms with van der Waals surface area (Å²) in [4.78, 5) is 15.7. The molecule has 0 atom stereocenters. The molecule has 0 aliphatic rings. The average Bonchev–Trinajstić information content (AvgIpc) is 3.04. The van der Waals surface area contributed by atoms with E-state index in [2.05, 4.69) is 18.3 Å². The maximum Gasteiger partial charge on any atom is 0.242 e. The van der Waals surface area contributed by atoms with Crippen LogP contribution in [0.25, 0.3) is 0 Å². The van der Waals surface area contributed by atoms with E-state index in [0.717, 1.165) is 19.4 Å². The smallest absolute Gasteiger partial charge is 0.242 e. The summed E-state index contributed by atoms with van der Waals surface area (Å²) in [6, 6.07) is 8.39. The lowest BCUT2D eigenvalue weighted by Crippen LogP contribution is -2.30. The second-order valence-corrected chi connectivity index (χ2v) is 10.00. The van der Waals surface area contributed by atoms with E-state index in [1.165, 1.54) is 26.9 Å². The van der Waals surface area contributed by atoms with Crippen molar-refractivity contribution in [1.29, 1.82) is 0 Å². The average molecular weight is 424 g/mol. The van der Waals surface area contributed by atoms with Gasteiger partial charge < -0.3 is 5.32 Å². The summed E-state index contributed by atoms with van der Waals surface area (Å²) >= 11 is 1.69. The lowest BCUT2D eigenvalue weighted by Gasteiger charge is -2.18. The largest absolute Gasteiger partial charge is 0.325 e. The number of hydrogen-bond donors (Lipinski definition) is 1. The first-order chi connectivity index (χ1) is 13.2. The van der Waals surface area contributed by atoms with E-state index >= 15 is 0 Å². The molecule has 0 aliphatic carbocycles. The molecule has 0 fully saturated rings. The SMILES string of the molecule is CCCCN(C)S(=O)(=O)c1ccc(NC(=O)CN(C)Cc2sccc2C)cc1. The third-order valence-corrected chi connectivity index (χ3v) is 7.35. The van der Waals surface area contributed by atoms with Crippen molar-refractivity contribution in [2.75, 3.05) is 32.5 Å². The number of carbonyl (C=O) groups is 1. The highest BCUT2D eigenvalue weighted by molar-refractivity contribution is 7.89. The number of amides is 1. The van der Waals surface area contributed by atoms with Gasteiger partial charge in [-0.05, 0) is 61.7 Å².